The fourth-order valence-corrected chi connectivity index (χ4v) is 1.94. The summed E-state index contributed by atoms with van der Waals surface area (Å²) in [6, 6.07) is 3.03. The summed E-state index contributed by atoms with van der Waals surface area (Å²) in [6.45, 7) is 0. The Morgan fingerprint density at radius 2 is 2.06 bits per heavy atom. The molecule has 0 radical (unpaired) electrons. The first-order chi connectivity index (χ1) is 7.27. The maximum Gasteiger partial charge on any atom is 0.313 e. The number of phenols is 1. The number of aromatic hydroxyl groups is 1. The Kier molecular flexibility index (Phi) is 3.02. The molecule has 1 rings (SSSR count). The molecule has 9 heteroatoms. The minimum Gasteiger partial charge on any atom is -0.501 e. The van der Waals surface area contributed by atoms with E-state index >= 15 is 0 Å². The van der Waals surface area contributed by atoms with Crippen molar-refractivity contribution in [2.24, 2.45) is 0 Å². The second kappa shape index (κ2) is 3.96. The Hall–Kier alpha value is -1.85. The molecule has 0 saturated heterocycles. The standard InChI is InChI=1S/C7H3ClN2O5S/c8-16(14,15)6-2-4(3-9)1-5(7(6)11)10(12)13/h1-2,11H. The molecule has 1 N–H and O–H groups in total. The van der Waals surface area contributed by atoms with Crippen LogP contribution in [0.5, 0.6) is 5.75 Å². The highest BCUT2D eigenvalue weighted by molar-refractivity contribution is 8.13. The van der Waals surface area contributed by atoms with Gasteiger partial charge in [0.2, 0.25) is 5.75 Å². The first kappa shape index (κ1) is 12.2. The normalized spacial score (nSPS) is 10.8. The minimum atomic E-state index is -4.36. The molecule has 0 amide bonds. The number of hydrogen-bond donors (Lipinski definition) is 1. The molecule has 0 unspecified atom stereocenters. The van der Waals surface area contributed by atoms with Gasteiger partial charge in [-0.3, -0.25) is 10.1 Å². The molecule has 0 atom stereocenters. The van der Waals surface area contributed by atoms with E-state index in [9.17, 15) is 23.6 Å². The van der Waals surface area contributed by atoms with Gasteiger partial charge in [-0.1, -0.05) is 0 Å². The molecule has 1 aromatic rings. The zero-order chi connectivity index (χ0) is 12.5. The monoisotopic (exact) mass is 262 g/mol. The summed E-state index contributed by atoms with van der Waals surface area (Å²) in [5.74, 6) is -1.08. The van der Waals surface area contributed by atoms with Crippen molar-refractivity contribution in [3.8, 4) is 11.8 Å². The molecule has 0 aliphatic heterocycles. The Balaban J connectivity index is 3.72. The predicted octanol–water partition coefficient (Wildman–Crippen LogP) is 1.10. The van der Waals surface area contributed by atoms with Crippen LogP contribution < -0.4 is 0 Å². The highest BCUT2D eigenvalue weighted by atomic mass is 35.7. The van der Waals surface area contributed by atoms with Gasteiger partial charge in [0.05, 0.1) is 16.6 Å². The van der Waals surface area contributed by atoms with Crippen molar-refractivity contribution in [3.63, 3.8) is 0 Å². The van der Waals surface area contributed by atoms with Crippen LogP contribution in [0.1, 0.15) is 5.56 Å². The Bertz CT molecular complexity index is 604. The topological polar surface area (TPSA) is 121 Å². The molecule has 0 fully saturated rings. The highest BCUT2D eigenvalue weighted by Gasteiger charge is 2.25. The van der Waals surface area contributed by atoms with Crippen LogP contribution in [0.15, 0.2) is 17.0 Å². The van der Waals surface area contributed by atoms with E-state index in [1.165, 1.54) is 6.07 Å². The highest BCUT2D eigenvalue weighted by Crippen LogP contribution is 2.35. The fraction of sp³-hybridized carbons (Fsp3) is 0. The van der Waals surface area contributed by atoms with Crippen LogP contribution in [0.25, 0.3) is 0 Å². The second-order valence-corrected chi connectivity index (χ2v) is 5.18. The summed E-state index contributed by atoms with van der Waals surface area (Å²) in [7, 11) is 0.594. The molecule has 7 nitrogen and oxygen atoms in total. The lowest BCUT2D eigenvalue weighted by atomic mass is 10.2. The summed E-state index contributed by atoms with van der Waals surface area (Å²) in [4.78, 5) is 8.59. The Morgan fingerprint density at radius 3 is 2.44 bits per heavy atom. The molecule has 0 saturated carbocycles. The third kappa shape index (κ3) is 2.21. The number of rotatable bonds is 2. The molecular weight excluding hydrogens is 260 g/mol. The quantitative estimate of drug-likeness (QED) is 0.484. The molecule has 0 aromatic heterocycles. The molecule has 0 aliphatic rings. The van der Waals surface area contributed by atoms with Crippen LogP contribution in [0.3, 0.4) is 0 Å². The van der Waals surface area contributed by atoms with Gasteiger partial charge >= 0.3 is 5.69 Å². The SMILES string of the molecule is N#Cc1cc([N+](=O)[O-])c(O)c(S(=O)(=O)Cl)c1. The van der Waals surface area contributed by atoms with Crippen molar-refractivity contribution >= 4 is 25.4 Å². The second-order valence-electron chi connectivity index (χ2n) is 2.65. The third-order valence-corrected chi connectivity index (χ3v) is 2.98. The number of nitro groups is 1. The zero-order valence-corrected chi connectivity index (χ0v) is 8.99. The lowest BCUT2D eigenvalue weighted by Crippen LogP contribution is -1.97. The number of phenolic OH excluding ortho intramolecular Hbond substituents is 1. The van der Waals surface area contributed by atoms with Gasteiger partial charge in [0.1, 0.15) is 4.90 Å². The average Bonchev–Trinajstić information content (AvgIpc) is 2.15. The van der Waals surface area contributed by atoms with Crippen molar-refractivity contribution in [2.75, 3.05) is 0 Å². The number of nitrogens with zero attached hydrogens (tertiary/aromatic N) is 2. The van der Waals surface area contributed by atoms with Crippen molar-refractivity contribution in [1.82, 2.24) is 0 Å². The van der Waals surface area contributed by atoms with E-state index in [1.54, 1.807) is 0 Å². The number of nitro benzene ring substituents is 1. The molecule has 16 heavy (non-hydrogen) atoms. The van der Waals surface area contributed by atoms with Gasteiger partial charge in [-0.25, -0.2) is 8.42 Å². The zero-order valence-electron chi connectivity index (χ0n) is 7.42. The largest absolute Gasteiger partial charge is 0.501 e. The summed E-state index contributed by atoms with van der Waals surface area (Å²) in [5.41, 5.74) is -1.18. The van der Waals surface area contributed by atoms with Crippen molar-refractivity contribution < 1.29 is 18.4 Å². The first-order valence-corrected chi connectivity index (χ1v) is 5.94. The van der Waals surface area contributed by atoms with Crippen LogP contribution in [0.2, 0.25) is 0 Å². The number of nitriles is 1. The van der Waals surface area contributed by atoms with Crippen LogP contribution in [0.4, 0.5) is 5.69 Å². The summed E-state index contributed by atoms with van der Waals surface area (Å²) < 4.78 is 21.9. The molecule has 0 bridgehead atoms. The molecule has 84 valence electrons. The van der Waals surface area contributed by atoms with Gasteiger partial charge in [0, 0.05) is 16.7 Å². The van der Waals surface area contributed by atoms with Gasteiger partial charge in [0.25, 0.3) is 9.05 Å². The summed E-state index contributed by atoms with van der Waals surface area (Å²) in [5, 5.41) is 28.3. The maximum atomic E-state index is 11.0. The number of benzene rings is 1. The van der Waals surface area contributed by atoms with E-state index < -0.39 is 30.3 Å². The van der Waals surface area contributed by atoms with Crippen LogP contribution >= 0.6 is 10.7 Å². The lowest BCUT2D eigenvalue weighted by molar-refractivity contribution is -0.386. The molecule has 0 spiro atoms. The molecule has 1 aromatic carbocycles. The van der Waals surface area contributed by atoms with Crippen LogP contribution in [0, 0.1) is 21.4 Å². The lowest BCUT2D eigenvalue weighted by Gasteiger charge is -2.01. The van der Waals surface area contributed by atoms with E-state index in [1.807, 2.05) is 0 Å². The van der Waals surface area contributed by atoms with Crippen LogP contribution in [-0.4, -0.2) is 18.4 Å². The van der Waals surface area contributed by atoms with E-state index in [-0.39, 0.29) is 5.56 Å². The van der Waals surface area contributed by atoms with Gasteiger partial charge < -0.3 is 5.11 Å². The van der Waals surface area contributed by atoms with Gasteiger partial charge in [0.15, 0.2) is 0 Å². The van der Waals surface area contributed by atoms with Gasteiger partial charge in [-0.05, 0) is 6.07 Å². The Labute approximate surface area is 94.1 Å². The van der Waals surface area contributed by atoms with E-state index in [0.717, 1.165) is 12.1 Å². The van der Waals surface area contributed by atoms with Crippen molar-refractivity contribution in [3.05, 3.63) is 27.8 Å². The fourth-order valence-electron chi connectivity index (χ4n) is 0.983. The van der Waals surface area contributed by atoms with E-state index in [4.69, 9.17) is 15.9 Å². The molecule has 0 aliphatic carbocycles. The summed E-state index contributed by atoms with van der Waals surface area (Å²) in [6.07, 6.45) is 0. The van der Waals surface area contributed by atoms with Gasteiger partial charge in [-0.15, -0.1) is 0 Å². The number of halogens is 1. The third-order valence-electron chi connectivity index (χ3n) is 1.64. The first-order valence-electron chi connectivity index (χ1n) is 3.63. The minimum absolute atomic E-state index is 0.288. The average molecular weight is 263 g/mol. The van der Waals surface area contributed by atoms with Crippen molar-refractivity contribution in [1.29, 1.82) is 5.26 Å². The number of hydrogen-bond acceptors (Lipinski definition) is 6. The smallest absolute Gasteiger partial charge is 0.313 e. The Morgan fingerprint density at radius 1 is 1.50 bits per heavy atom. The van der Waals surface area contributed by atoms with E-state index in [0.29, 0.717) is 0 Å². The van der Waals surface area contributed by atoms with Crippen molar-refractivity contribution in [2.45, 2.75) is 4.90 Å². The van der Waals surface area contributed by atoms with E-state index in [2.05, 4.69) is 0 Å². The molecular formula is C7H3ClN2O5S. The predicted molar refractivity (Wildman–Crippen MR) is 52.5 cm³/mol. The molecule has 0 heterocycles. The van der Waals surface area contributed by atoms with Gasteiger partial charge in [-0.2, -0.15) is 5.26 Å². The summed E-state index contributed by atoms with van der Waals surface area (Å²) >= 11 is 0. The van der Waals surface area contributed by atoms with Crippen LogP contribution in [-0.2, 0) is 9.05 Å². The maximum absolute atomic E-state index is 11.0.